The number of hydrogen-bond acceptors (Lipinski definition) is 4. The lowest BCUT2D eigenvalue weighted by Gasteiger charge is -2.08. The Bertz CT molecular complexity index is 594. The third-order valence-corrected chi connectivity index (χ3v) is 3.71. The molecule has 2 heterocycles. The number of carbonyl (C=O) groups is 1. The van der Waals surface area contributed by atoms with E-state index < -0.39 is 5.97 Å². The topological polar surface area (TPSA) is 68.0 Å². The quantitative estimate of drug-likeness (QED) is 0.917. The second kappa shape index (κ2) is 4.97. The summed E-state index contributed by atoms with van der Waals surface area (Å²) < 4.78 is 1.88. The van der Waals surface area contributed by atoms with E-state index in [2.05, 4.69) is 16.9 Å². The Morgan fingerprint density at radius 1 is 1.61 bits per heavy atom. The van der Waals surface area contributed by atoms with Gasteiger partial charge in [-0.1, -0.05) is 6.92 Å². The number of nitrogens with zero attached hydrogens (tertiary/aromatic N) is 3. The number of aromatic carboxylic acids is 1. The smallest absolute Gasteiger partial charge is 0.338 e. The molecule has 0 aliphatic heterocycles. The lowest BCUT2D eigenvalue weighted by atomic mass is 10.2. The number of rotatable bonds is 4. The maximum Gasteiger partial charge on any atom is 0.338 e. The molecular formula is C12H15N3O2S. The van der Waals surface area contributed by atoms with Gasteiger partial charge >= 0.3 is 5.97 Å². The van der Waals surface area contributed by atoms with Gasteiger partial charge in [0.05, 0.1) is 5.56 Å². The summed E-state index contributed by atoms with van der Waals surface area (Å²) in [5, 5.41) is 9.14. The summed E-state index contributed by atoms with van der Waals surface area (Å²) in [4.78, 5) is 19.8. The van der Waals surface area contributed by atoms with Crippen molar-refractivity contribution in [1.29, 1.82) is 0 Å². The summed E-state index contributed by atoms with van der Waals surface area (Å²) in [7, 11) is 1.88. The van der Waals surface area contributed by atoms with Gasteiger partial charge in [0.25, 0.3) is 0 Å². The molecule has 0 aromatic carbocycles. The number of aromatic nitrogens is 3. The molecule has 1 unspecified atom stereocenters. The molecule has 2 rings (SSSR count). The summed E-state index contributed by atoms with van der Waals surface area (Å²) in [6.45, 7) is 2.08. The van der Waals surface area contributed by atoms with E-state index in [0.717, 1.165) is 11.6 Å². The monoisotopic (exact) mass is 265 g/mol. The second-order valence-electron chi connectivity index (χ2n) is 4.22. The van der Waals surface area contributed by atoms with Crippen LogP contribution in [0.4, 0.5) is 0 Å². The number of hydrogen-bond donors (Lipinski definition) is 1. The highest BCUT2D eigenvalue weighted by atomic mass is 32.2. The summed E-state index contributed by atoms with van der Waals surface area (Å²) in [6.07, 6.45) is 3.55. The van der Waals surface area contributed by atoms with E-state index in [4.69, 9.17) is 5.11 Å². The minimum Gasteiger partial charge on any atom is -0.478 e. The van der Waals surface area contributed by atoms with E-state index >= 15 is 0 Å². The standard InChI is InChI=1S/C12H15N3O2S/c1-7(6-18-3)10-14-9-8(12(16)17)4-5-13-11(9)15(10)2/h4-5,7H,6H2,1-3H3,(H,16,17). The van der Waals surface area contributed by atoms with Gasteiger partial charge in [-0.3, -0.25) is 0 Å². The van der Waals surface area contributed by atoms with Crippen molar-refractivity contribution in [1.82, 2.24) is 14.5 Å². The summed E-state index contributed by atoms with van der Waals surface area (Å²) in [5.41, 5.74) is 1.30. The van der Waals surface area contributed by atoms with Crippen LogP contribution in [0.15, 0.2) is 12.3 Å². The first-order valence-corrected chi connectivity index (χ1v) is 6.99. The summed E-state index contributed by atoms with van der Waals surface area (Å²) in [5.74, 6) is 1.12. The molecule has 0 radical (unpaired) electrons. The van der Waals surface area contributed by atoms with Crippen molar-refractivity contribution in [3.63, 3.8) is 0 Å². The van der Waals surface area contributed by atoms with Crippen LogP contribution in [0.2, 0.25) is 0 Å². The fourth-order valence-electron chi connectivity index (χ4n) is 2.03. The molecule has 18 heavy (non-hydrogen) atoms. The van der Waals surface area contributed by atoms with Crippen LogP contribution >= 0.6 is 11.8 Å². The molecule has 0 amide bonds. The second-order valence-corrected chi connectivity index (χ2v) is 5.13. The number of thioether (sulfide) groups is 1. The lowest BCUT2D eigenvalue weighted by Crippen LogP contribution is -2.05. The third-order valence-electron chi connectivity index (χ3n) is 2.88. The van der Waals surface area contributed by atoms with Gasteiger partial charge in [-0.15, -0.1) is 0 Å². The van der Waals surface area contributed by atoms with Crippen molar-refractivity contribution in [2.24, 2.45) is 7.05 Å². The Morgan fingerprint density at radius 3 is 2.94 bits per heavy atom. The normalized spacial score (nSPS) is 12.8. The number of fused-ring (bicyclic) bond motifs is 1. The first-order valence-electron chi connectivity index (χ1n) is 5.59. The highest BCUT2D eigenvalue weighted by Gasteiger charge is 2.19. The van der Waals surface area contributed by atoms with Crippen LogP contribution in [0.1, 0.15) is 29.0 Å². The third kappa shape index (κ3) is 2.08. The van der Waals surface area contributed by atoms with Crippen LogP contribution < -0.4 is 0 Å². The zero-order valence-electron chi connectivity index (χ0n) is 10.5. The van der Waals surface area contributed by atoms with Gasteiger partial charge in [-0.25, -0.2) is 14.8 Å². The van der Waals surface area contributed by atoms with Crippen molar-refractivity contribution in [2.45, 2.75) is 12.8 Å². The number of aryl methyl sites for hydroxylation is 1. The molecule has 0 fully saturated rings. The van der Waals surface area contributed by atoms with E-state index in [-0.39, 0.29) is 11.5 Å². The molecule has 6 heteroatoms. The van der Waals surface area contributed by atoms with Crippen LogP contribution in [0.3, 0.4) is 0 Å². The van der Waals surface area contributed by atoms with E-state index in [1.165, 1.54) is 12.3 Å². The van der Waals surface area contributed by atoms with E-state index in [1.807, 2.05) is 17.9 Å². The number of carboxylic acid groups (broad SMARTS) is 1. The highest BCUT2D eigenvalue weighted by Crippen LogP contribution is 2.23. The predicted octanol–water partition coefficient (Wildman–Crippen LogP) is 2.13. The van der Waals surface area contributed by atoms with Crippen LogP contribution in [-0.4, -0.2) is 37.6 Å². The van der Waals surface area contributed by atoms with Crippen LogP contribution in [0, 0.1) is 0 Å². The predicted molar refractivity (Wildman–Crippen MR) is 72.3 cm³/mol. The number of pyridine rings is 1. The van der Waals surface area contributed by atoms with Crippen molar-refractivity contribution in [3.05, 3.63) is 23.7 Å². The van der Waals surface area contributed by atoms with Crippen molar-refractivity contribution in [2.75, 3.05) is 12.0 Å². The molecule has 5 nitrogen and oxygen atoms in total. The molecule has 0 spiro atoms. The lowest BCUT2D eigenvalue weighted by molar-refractivity contribution is 0.0698. The first-order chi connectivity index (χ1) is 8.56. The Morgan fingerprint density at radius 2 is 2.33 bits per heavy atom. The molecule has 1 atom stereocenters. The van der Waals surface area contributed by atoms with Crippen molar-refractivity contribution >= 4 is 28.9 Å². The SMILES string of the molecule is CSCC(C)c1nc2c(C(=O)O)ccnc2n1C. The van der Waals surface area contributed by atoms with Gasteiger partial charge in [0.15, 0.2) is 5.65 Å². The van der Waals surface area contributed by atoms with Gasteiger partial charge < -0.3 is 9.67 Å². The average molecular weight is 265 g/mol. The molecule has 0 saturated heterocycles. The fraction of sp³-hybridized carbons (Fsp3) is 0.417. The maximum absolute atomic E-state index is 11.1. The molecular weight excluding hydrogens is 250 g/mol. The van der Waals surface area contributed by atoms with Crippen molar-refractivity contribution in [3.8, 4) is 0 Å². The largest absolute Gasteiger partial charge is 0.478 e. The Kier molecular flexibility index (Phi) is 3.56. The minimum atomic E-state index is -0.968. The van der Waals surface area contributed by atoms with Gasteiger partial charge in [-0.2, -0.15) is 11.8 Å². The number of imidazole rings is 1. The Balaban J connectivity index is 2.62. The molecule has 0 bridgehead atoms. The zero-order valence-corrected chi connectivity index (χ0v) is 11.4. The van der Waals surface area contributed by atoms with Crippen LogP contribution in [0.5, 0.6) is 0 Å². The molecule has 2 aromatic heterocycles. The minimum absolute atomic E-state index is 0.207. The molecule has 0 aliphatic rings. The van der Waals surface area contributed by atoms with Gasteiger partial charge in [0.2, 0.25) is 0 Å². The van der Waals surface area contributed by atoms with Gasteiger partial charge in [0, 0.05) is 24.9 Å². The Hall–Kier alpha value is -1.56. The van der Waals surface area contributed by atoms with Crippen LogP contribution in [0.25, 0.3) is 11.2 Å². The molecule has 0 saturated carbocycles. The van der Waals surface area contributed by atoms with E-state index in [9.17, 15) is 4.79 Å². The van der Waals surface area contributed by atoms with Gasteiger partial charge in [0.1, 0.15) is 11.3 Å². The maximum atomic E-state index is 11.1. The summed E-state index contributed by atoms with van der Waals surface area (Å²) >= 11 is 1.74. The van der Waals surface area contributed by atoms with Crippen LogP contribution in [-0.2, 0) is 7.05 Å². The molecule has 1 N–H and O–H groups in total. The van der Waals surface area contributed by atoms with Crippen molar-refractivity contribution < 1.29 is 9.90 Å². The van der Waals surface area contributed by atoms with E-state index in [0.29, 0.717) is 11.2 Å². The van der Waals surface area contributed by atoms with Gasteiger partial charge in [-0.05, 0) is 12.3 Å². The Labute approximate surface area is 109 Å². The number of carboxylic acids is 1. The summed E-state index contributed by atoms with van der Waals surface area (Å²) in [6, 6.07) is 1.49. The highest BCUT2D eigenvalue weighted by molar-refractivity contribution is 7.98. The molecule has 0 aliphatic carbocycles. The molecule has 96 valence electrons. The average Bonchev–Trinajstić information content (AvgIpc) is 2.67. The zero-order chi connectivity index (χ0) is 13.3. The first kappa shape index (κ1) is 12.9. The van der Waals surface area contributed by atoms with E-state index in [1.54, 1.807) is 11.8 Å². The fourth-order valence-corrected chi connectivity index (χ4v) is 2.68. The molecule has 2 aromatic rings.